The molecule has 1 aromatic rings. The maximum Gasteiger partial charge on any atom is 0.106 e. The fourth-order valence-electron chi connectivity index (χ4n) is 3.77. The van der Waals surface area contributed by atoms with Gasteiger partial charge >= 0.3 is 0 Å². The summed E-state index contributed by atoms with van der Waals surface area (Å²) in [5, 5.41) is 0. The summed E-state index contributed by atoms with van der Waals surface area (Å²) in [4.78, 5) is 8.66. The predicted molar refractivity (Wildman–Crippen MR) is 117 cm³/mol. The van der Waals surface area contributed by atoms with Gasteiger partial charge in [0.1, 0.15) is 5.70 Å². The second-order valence-corrected chi connectivity index (χ2v) is 8.83. The number of hydrogen-bond acceptors (Lipinski definition) is 4. The van der Waals surface area contributed by atoms with Crippen LogP contribution in [-0.4, -0.2) is 37.3 Å². The van der Waals surface area contributed by atoms with E-state index in [4.69, 9.17) is 6.42 Å². The maximum atomic E-state index is 5.97. The van der Waals surface area contributed by atoms with Crippen LogP contribution in [0, 0.1) is 12.3 Å². The molecule has 26 heavy (non-hydrogen) atoms. The van der Waals surface area contributed by atoms with Crippen LogP contribution in [0.4, 0.5) is 5.69 Å². The van der Waals surface area contributed by atoms with Gasteiger partial charge in [-0.3, -0.25) is 0 Å². The zero-order valence-electron chi connectivity index (χ0n) is 16.0. The largest absolute Gasteiger partial charge is 0.333 e. The predicted octanol–water partition coefficient (Wildman–Crippen LogP) is 5.62. The van der Waals surface area contributed by atoms with Gasteiger partial charge in [0.25, 0.3) is 0 Å². The van der Waals surface area contributed by atoms with Crippen LogP contribution in [0.15, 0.2) is 50.7 Å². The number of terminal acetylenes is 1. The number of thioether (sulfide) groups is 2. The highest BCUT2D eigenvalue weighted by atomic mass is 32.2. The molecule has 4 heteroatoms. The lowest BCUT2D eigenvalue weighted by Gasteiger charge is -2.37. The van der Waals surface area contributed by atoms with E-state index in [0.29, 0.717) is 6.04 Å². The van der Waals surface area contributed by atoms with Crippen LogP contribution in [-0.2, 0) is 0 Å². The number of piperidine rings is 1. The SMILES string of the molecule is C#CC1=C(C=CC)Sc2ccc(SC)cc2N1CCC1CCCCN1C. The molecule has 1 saturated heterocycles. The van der Waals surface area contributed by atoms with Gasteiger partial charge < -0.3 is 9.80 Å². The number of benzene rings is 1. The smallest absolute Gasteiger partial charge is 0.106 e. The molecular weight excluding hydrogens is 356 g/mol. The molecule has 0 bridgehead atoms. The van der Waals surface area contributed by atoms with E-state index in [0.717, 1.165) is 18.7 Å². The molecule has 2 nitrogen and oxygen atoms in total. The number of hydrogen-bond donors (Lipinski definition) is 0. The van der Waals surface area contributed by atoms with E-state index in [9.17, 15) is 0 Å². The minimum Gasteiger partial charge on any atom is -0.333 e. The molecule has 2 heterocycles. The average molecular weight is 385 g/mol. The Morgan fingerprint density at radius 3 is 2.92 bits per heavy atom. The van der Waals surface area contributed by atoms with Crippen LogP contribution < -0.4 is 4.90 Å². The van der Waals surface area contributed by atoms with Crippen molar-refractivity contribution in [3.8, 4) is 12.3 Å². The standard InChI is InChI=1S/C22H28N2S2/c1-5-9-21-19(6-2)24(15-13-17-10-7-8-14-23(17)3)20-16-18(25-4)11-12-22(20)26-21/h2,5,9,11-12,16-17H,7-8,10,13-15H2,1,3-4H3. The Morgan fingerprint density at radius 2 is 2.23 bits per heavy atom. The molecule has 1 unspecified atom stereocenters. The third-order valence-corrected chi connectivity index (χ3v) is 7.08. The first-order valence-corrected chi connectivity index (χ1v) is 11.4. The topological polar surface area (TPSA) is 6.48 Å². The van der Waals surface area contributed by atoms with Gasteiger partial charge in [0, 0.05) is 27.3 Å². The average Bonchev–Trinajstić information content (AvgIpc) is 2.66. The molecule has 0 spiro atoms. The summed E-state index contributed by atoms with van der Waals surface area (Å²) in [6.45, 7) is 4.24. The lowest BCUT2D eigenvalue weighted by Crippen LogP contribution is -2.39. The van der Waals surface area contributed by atoms with E-state index in [-0.39, 0.29) is 0 Å². The van der Waals surface area contributed by atoms with Gasteiger partial charge in [-0.2, -0.15) is 0 Å². The fourth-order valence-corrected chi connectivity index (χ4v) is 5.32. The molecule has 3 rings (SSSR count). The molecule has 2 aliphatic heterocycles. The molecule has 0 radical (unpaired) electrons. The molecule has 2 aliphatic rings. The number of fused-ring (bicyclic) bond motifs is 1. The van der Waals surface area contributed by atoms with Crippen LogP contribution in [0.5, 0.6) is 0 Å². The van der Waals surface area contributed by atoms with Gasteiger partial charge in [0.05, 0.1) is 5.69 Å². The van der Waals surface area contributed by atoms with Crippen LogP contribution in [0.2, 0.25) is 0 Å². The molecule has 0 aliphatic carbocycles. The summed E-state index contributed by atoms with van der Waals surface area (Å²) in [7, 11) is 2.26. The Kier molecular flexibility index (Phi) is 6.80. The Hall–Kier alpha value is -1.28. The normalized spacial score (nSPS) is 21.2. The summed E-state index contributed by atoms with van der Waals surface area (Å²) in [5.74, 6) is 2.98. The van der Waals surface area contributed by atoms with Crippen LogP contribution in [0.1, 0.15) is 32.6 Å². The Balaban J connectivity index is 1.91. The zero-order valence-corrected chi connectivity index (χ0v) is 17.6. The highest BCUT2D eigenvalue weighted by Gasteiger charge is 2.26. The minimum absolute atomic E-state index is 0.662. The number of rotatable bonds is 5. The second kappa shape index (κ2) is 9.08. The van der Waals surface area contributed by atoms with Crippen molar-refractivity contribution in [2.24, 2.45) is 0 Å². The maximum absolute atomic E-state index is 5.97. The molecule has 0 saturated carbocycles. The van der Waals surface area contributed by atoms with Gasteiger partial charge in [0.15, 0.2) is 0 Å². The summed E-state index contributed by atoms with van der Waals surface area (Å²) in [6, 6.07) is 7.40. The summed E-state index contributed by atoms with van der Waals surface area (Å²) in [6.07, 6.45) is 17.4. The lowest BCUT2D eigenvalue weighted by atomic mass is 9.99. The molecule has 1 atom stereocenters. The van der Waals surface area contributed by atoms with E-state index in [1.807, 2.05) is 0 Å². The first-order chi connectivity index (χ1) is 12.7. The zero-order chi connectivity index (χ0) is 18.5. The van der Waals surface area contributed by atoms with Crippen LogP contribution in [0.25, 0.3) is 0 Å². The van der Waals surface area contributed by atoms with Crippen molar-refractivity contribution in [2.45, 2.75) is 48.4 Å². The van der Waals surface area contributed by atoms with Crippen molar-refractivity contribution in [2.75, 3.05) is 31.3 Å². The van der Waals surface area contributed by atoms with Gasteiger partial charge in [0.2, 0.25) is 0 Å². The molecule has 0 aromatic heterocycles. The molecule has 0 amide bonds. The lowest BCUT2D eigenvalue weighted by molar-refractivity contribution is 0.178. The fraction of sp³-hybridized carbons (Fsp3) is 0.455. The van der Waals surface area contributed by atoms with Crippen molar-refractivity contribution >= 4 is 29.2 Å². The number of likely N-dealkylation sites (tertiary alicyclic amines) is 1. The van der Waals surface area contributed by atoms with E-state index in [1.54, 1.807) is 23.5 Å². The van der Waals surface area contributed by atoms with Crippen molar-refractivity contribution < 1.29 is 0 Å². The van der Waals surface area contributed by atoms with Crippen LogP contribution in [0.3, 0.4) is 0 Å². The highest BCUT2D eigenvalue weighted by molar-refractivity contribution is 8.03. The highest BCUT2D eigenvalue weighted by Crippen LogP contribution is 2.45. The molecule has 1 aromatic carbocycles. The van der Waals surface area contributed by atoms with Crippen molar-refractivity contribution in [1.82, 2.24) is 4.90 Å². The number of nitrogens with zero attached hydrogens (tertiary/aromatic N) is 2. The second-order valence-electron chi connectivity index (χ2n) is 6.86. The van der Waals surface area contributed by atoms with E-state index in [1.165, 1.54) is 46.2 Å². The molecule has 1 fully saturated rings. The van der Waals surface area contributed by atoms with Crippen molar-refractivity contribution in [1.29, 1.82) is 0 Å². The minimum atomic E-state index is 0.662. The Morgan fingerprint density at radius 1 is 1.38 bits per heavy atom. The Labute approximate surface area is 167 Å². The van der Waals surface area contributed by atoms with Crippen LogP contribution >= 0.6 is 23.5 Å². The van der Waals surface area contributed by atoms with Crippen molar-refractivity contribution in [3.63, 3.8) is 0 Å². The van der Waals surface area contributed by atoms with Gasteiger partial charge in [-0.25, -0.2) is 0 Å². The van der Waals surface area contributed by atoms with E-state index >= 15 is 0 Å². The van der Waals surface area contributed by atoms with Crippen molar-refractivity contribution in [3.05, 3.63) is 41.0 Å². The summed E-state index contributed by atoms with van der Waals surface area (Å²) in [5.41, 5.74) is 2.28. The molecule has 138 valence electrons. The first-order valence-electron chi connectivity index (χ1n) is 9.35. The van der Waals surface area contributed by atoms with Gasteiger partial charge in [-0.15, -0.1) is 18.2 Å². The number of allylic oxidation sites excluding steroid dienone is 3. The van der Waals surface area contributed by atoms with Gasteiger partial charge in [-0.05, 0) is 70.3 Å². The monoisotopic (exact) mass is 384 g/mol. The number of anilines is 1. The Bertz CT molecular complexity index is 745. The first kappa shape index (κ1) is 19.5. The third-order valence-electron chi connectivity index (χ3n) is 5.24. The quantitative estimate of drug-likeness (QED) is 0.480. The summed E-state index contributed by atoms with van der Waals surface area (Å²) >= 11 is 3.57. The van der Waals surface area contributed by atoms with E-state index in [2.05, 4.69) is 66.3 Å². The molecule has 0 N–H and O–H groups in total. The van der Waals surface area contributed by atoms with E-state index < -0.39 is 0 Å². The summed E-state index contributed by atoms with van der Waals surface area (Å²) < 4.78 is 0. The third kappa shape index (κ3) is 4.17. The van der Waals surface area contributed by atoms with Gasteiger partial charge in [-0.1, -0.05) is 30.2 Å². The molecular formula is C22H28N2S2.